The highest BCUT2D eigenvalue weighted by Crippen LogP contribution is 2.82. The molecule has 2 unspecified atom stereocenters. The predicted octanol–water partition coefficient (Wildman–Crippen LogP) is 5.00. The van der Waals surface area contributed by atoms with E-state index in [1.807, 2.05) is 12.0 Å². The molecule has 0 aromatic heterocycles. The van der Waals surface area contributed by atoms with Crippen molar-refractivity contribution in [2.75, 3.05) is 46.9 Å². The van der Waals surface area contributed by atoms with Crippen molar-refractivity contribution >= 4 is 12.1 Å². The Morgan fingerprint density at radius 2 is 1.70 bits per heavy atom. The fourth-order valence-corrected chi connectivity index (χ4v) is 11.3. The van der Waals surface area contributed by atoms with Crippen molar-refractivity contribution in [2.24, 2.45) is 51.8 Å². The quantitative estimate of drug-likeness (QED) is 0.572. The molecule has 1 saturated heterocycles. The molecule has 7 heteroatoms. The van der Waals surface area contributed by atoms with Gasteiger partial charge in [0.1, 0.15) is 0 Å². The van der Waals surface area contributed by atoms with E-state index in [9.17, 15) is 9.59 Å². The number of carbonyl (C=O) groups excluding carboxylic acids is 2. The molecule has 1 aliphatic heterocycles. The third kappa shape index (κ3) is 3.61. The van der Waals surface area contributed by atoms with Gasteiger partial charge in [0.25, 0.3) is 0 Å². The van der Waals surface area contributed by atoms with E-state index in [-0.39, 0.29) is 12.1 Å². The Balaban J connectivity index is 1.08. The number of rotatable bonds is 4. The molecule has 1 heterocycles. The van der Waals surface area contributed by atoms with Crippen molar-refractivity contribution in [3.8, 4) is 0 Å². The van der Waals surface area contributed by atoms with Gasteiger partial charge >= 0.3 is 12.1 Å². The molecular formula is C30H49N3O4. The first-order valence-corrected chi connectivity index (χ1v) is 15.1. The van der Waals surface area contributed by atoms with Gasteiger partial charge in [-0.3, -0.25) is 0 Å². The van der Waals surface area contributed by atoms with Crippen molar-refractivity contribution < 1.29 is 19.1 Å². The molecule has 6 rings (SSSR count). The topological polar surface area (TPSA) is 71.1 Å². The van der Waals surface area contributed by atoms with Gasteiger partial charge in [-0.05, 0) is 97.7 Å². The molecule has 0 radical (unpaired) electrons. The Labute approximate surface area is 223 Å². The van der Waals surface area contributed by atoms with E-state index >= 15 is 0 Å². The van der Waals surface area contributed by atoms with Gasteiger partial charge < -0.3 is 24.6 Å². The summed E-state index contributed by atoms with van der Waals surface area (Å²) in [5, 5.41) is 3.25. The smallest absolute Gasteiger partial charge is 0.409 e. The summed E-state index contributed by atoms with van der Waals surface area (Å²) in [6.07, 6.45) is 11.1. The maximum atomic E-state index is 12.9. The molecule has 0 aromatic carbocycles. The van der Waals surface area contributed by atoms with Crippen LogP contribution >= 0.6 is 0 Å². The molecule has 10 atom stereocenters. The number of hydrogen-bond acceptors (Lipinski definition) is 4. The maximum Gasteiger partial charge on any atom is 0.409 e. The molecule has 1 N–H and O–H groups in total. The minimum Gasteiger partial charge on any atom is -0.453 e. The largest absolute Gasteiger partial charge is 0.453 e. The summed E-state index contributed by atoms with van der Waals surface area (Å²) < 4.78 is 11.1. The average molecular weight is 516 g/mol. The number of fused-ring (bicyclic) bond motifs is 4. The van der Waals surface area contributed by atoms with Crippen LogP contribution in [0.4, 0.5) is 9.59 Å². The van der Waals surface area contributed by atoms with E-state index in [0.29, 0.717) is 60.4 Å². The van der Waals surface area contributed by atoms with E-state index < -0.39 is 0 Å². The highest BCUT2D eigenvalue weighted by molar-refractivity contribution is 5.75. The molecule has 7 nitrogen and oxygen atoms in total. The van der Waals surface area contributed by atoms with Crippen LogP contribution in [0.15, 0.2) is 0 Å². The van der Waals surface area contributed by atoms with E-state index in [1.165, 1.54) is 58.5 Å². The molecule has 208 valence electrons. The van der Waals surface area contributed by atoms with Crippen molar-refractivity contribution in [3.63, 3.8) is 0 Å². The summed E-state index contributed by atoms with van der Waals surface area (Å²) in [6.45, 7) is 10.5. The second-order valence-corrected chi connectivity index (χ2v) is 14.1. The monoisotopic (exact) mass is 515 g/mol. The zero-order valence-corrected chi connectivity index (χ0v) is 23.8. The Bertz CT molecular complexity index is 921. The third-order valence-corrected chi connectivity index (χ3v) is 13.2. The van der Waals surface area contributed by atoms with E-state index in [1.54, 1.807) is 4.90 Å². The van der Waals surface area contributed by atoms with E-state index in [4.69, 9.17) is 9.47 Å². The number of hydrogen-bond donors (Lipinski definition) is 1. The zero-order valence-electron chi connectivity index (χ0n) is 23.8. The first-order chi connectivity index (χ1) is 17.7. The van der Waals surface area contributed by atoms with Crippen molar-refractivity contribution in [3.05, 3.63) is 0 Å². The highest BCUT2D eigenvalue weighted by Gasteiger charge is 2.77. The Hall–Kier alpha value is -1.50. The number of urea groups is 1. The SMILES string of the molecule is COC(=O)N1CCN(C(=O)NCC(C)[C@H]2CC[C@H]3[C@@H]4CC(OC)[C@]56C[C@H]5CC[C@]6(C)[C@H]4CC[C@]23C)CC1. The number of ether oxygens (including phenoxy) is 2. The van der Waals surface area contributed by atoms with Crippen LogP contribution in [0, 0.1) is 51.8 Å². The number of nitrogens with one attached hydrogen (secondary N) is 1. The maximum absolute atomic E-state index is 12.9. The second kappa shape index (κ2) is 9.02. The minimum atomic E-state index is -0.309. The van der Waals surface area contributed by atoms with Gasteiger partial charge in [-0.15, -0.1) is 0 Å². The Morgan fingerprint density at radius 3 is 2.38 bits per heavy atom. The van der Waals surface area contributed by atoms with Gasteiger partial charge in [-0.2, -0.15) is 0 Å². The zero-order chi connectivity index (χ0) is 26.2. The lowest BCUT2D eigenvalue weighted by atomic mass is 9.45. The highest BCUT2D eigenvalue weighted by atomic mass is 16.5. The standard InChI is InChI=1S/C30H49N3O4/c1-19(18-31-26(34)32-12-14-33(15-13-32)27(35)37-5)22-6-7-23-21-16-25(36-4)30-17-20(30)8-11-29(30,3)24(21)9-10-28(22,23)2/h19-25H,6-18H2,1-5H3,(H,31,34)/t19?,20-,21+,22-,23+,24+,25?,28-,29-,30+/m1/s1. The van der Waals surface area contributed by atoms with E-state index in [0.717, 1.165) is 30.2 Å². The van der Waals surface area contributed by atoms with Crippen LogP contribution in [0.1, 0.15) is 72.1 Å². The third-order valence-electron chi connectivity index (χ3n) is 13.2. The Morgan fingerprint density at radius 1 is 0.973 bits per heavy atom. The number of amides is 3. The summed E-state index contributed by atoms with van der Waals surface area (Å²) in [4.78, 5) is 28.2. The summed E-state index contributed by atoms with van der Waals surface area (Å²) in [6, 6.07) is 0.00781. The van der Waals surface area contributed by atoms with Crippen molar-refractivity contribution in [1.29, 1.82) is 0 Å². The molecule has 1 spiro atoms. The summed E-state index contributed by atoms with van der Waals surface area (Å²) in [7, 11) is 3.38. The lowest BCUT2D eigenvalue weighted by Crippen LogP contribution is -2.57. The van der Waals surface area contributed by atoms with Gasteiger partial charge in [0.05, 0.1) is 13.2 Å². The van der Waals surface area contributed by atoms with Crippen LogP contribution in [-0.4, -0.2) is 75.0 Å². The minimum absolute atomic E-state index is 0.00781. The van der Waals surface area contributed by atoms with Crippen molar-refractivity contribution in [1.82, 2.24) is 15.1 Å². The normalized spacial score (nSPS) is 46.8. The van der Waals surface area contributed by atoms with Crippen LogP contribution in [0.25, 0.3) is 0 Å². The average Bonchev–Trinajstić information content (AvgIpc) is 3.42. The molecule has 5 aliphatic carbocycles. The summed E-state index contributed by atoms with van der Waals surface area (Å²) >= 11 is 0. The summed E-state index contributed by atoms with van der Waals surface area (Å²) in [5.74, 6) is 4.54. The lowest BCUT2D eigenvalue weighted by molar-refractivity contribution is -0.160. The number of nitrogens with zero attached hydrogens (tertiary/aromatic N) is 2. The van der Waals surface area contributed by atoms with Gasteiger partial charge in [0.2, 0.25) is 0 Å². The molecule has 3 amide bonds. The van der Waals surface area contributed by atoms with Crippen LogP contribution in [0.5, 0.6) is 0 Å². The number of piperazine rings is 1. The molecule has 0 bridgehead atoms. The van der Waals surface area contributed by atoms with Crippen LogP contribution in [0.3, 0.4) is 0 Å². The molecule has 6 fully saturated rings. The van der Waals surface area contributed by atoms with Crippen LogP contribution in [0.2, 0.25) is 0 Å². The van der Waals surface area contributed by atoms with Gasteiger partial charge in [-0.25, -0.2) is 9.59 Å². The van der Waals surface area contributed by atoms with Gasteiger partial charge in [0.15, 0.2) is 0 Å². The van der Waals surface area contributed by atoms with Crippen molar-refractivity contribution in [2.45, 2.75) is 78.2 Å². The van der Waals surface area contributed by atoms with Gasteiger partial charge in [0, 0.05) is 45.2 Å². The molecule has 6 aliphatic rings. The van der Waals surface area contributed by atoms with Crippen LogP contribution in [-0.2, 0) is 9.47 Å². The molecule has 37 heavy (non-hydrogen) atoms. The molecule has 5 saturated carbocycles. The summed E-state index contributed by atoms with van der Waals surface area (Å²) in [5.41, 5.74) is 1.35. The molecular weight excluding hydrogens is 466 g/mol. The first-order valence-electron chi connectivity index (χ1n) is 15.1. The fourth-order valence-electron chi connectivity index (χ4n) is 11.3. The number of carbonyl (C=O) groups is 2. The molecule has 0 aromatic rings. The second-order valence-electron chi connectivity index (χ2n) is 14.1. The van der Waals surface area contributed by atoms with Gasteiger partial charge in [-0.1, -0.05) is 20.8 Å². The predicted molar refractivity (Wildman–Crippen MR) is 142 cm³/mol. The Kier molecular flexibility index (Phi) is 6.28. The van der Waals surface area contributed by atoms with E-state index in [2.05, 4.69) is 26.1 Å². The fraction of sp³-hybridized carbons (Fsp3) is 0.933. The lowest BCUT2D eigenvalue weighted by Gasteiger charge is -2.61. The first kappa shape index (κ1) is 25.8. The van der Waals surface area contributed by atoms with Crippen LogP contribution < -0.4 is 5.32 Å². The number of methoxy groups -OCH3 is 2.